The van der Waals surface area contributed by atoms with E-state index >= 15 is 0 Å². The minimum Gasteiger partial charge on any atom is -0.383 e. The molecule has 194 valence electrons. The summed E-state index contributed by atoms with van der Waals surface area (Å²) in [5, 5.41) is 10.4. The highest BCUT2D eigenvalue weighted by molar-refractivity contribution is 6.00. The van der Waals surface area contributed by atoms with Crippen LogP contribution in [0.3, 0.4) is 0 Å². The second-order valence-corrected chi connectivity index (χ2v) is 9.32. The van der Waals surface area contributed by atoms with E-state index in [0.717, 1.165) is 6.07 Å². The molecule has 0 saturated carbocycles. The van der Waals surface area contributed by atoms with Gasteiger partial charge in [-0.05, 0) is 29.8 Å². The van der Waals surface area contributed by atoms with E-state index in [4.69, 9.17) is 4.74 Å². The fourth-order valence-corrected chi connectivity index (χ4v) is 4.97. The third kappa shape index (κ3) is 4.92. The van der Waals surface area contributed by atoms with Crippen LogP contribution in [-0.4, -0.2) is 78.0 Å². The zero-order chi connectivity index (χ0) is 26.1. The summed E-state index contributed by atoms with van der Waals surface area (Å²) in [5.41, 5.74) is 2.24. The maximum absolute atomic E-state index is 14.0. The molecule has 0 radical (unpaired) electrons. The molecule has 2 aromatic carbocycles. The van der Waals surface area contributed by atoms with Crippen molar-refractivity contribution < 1.29 is 23.1 Å². The van der Waals surface area contributed by atoms with Crippen molar-refractivity contribution in [2.24, 2.45) is 0 Å². The second kappa shape index (κ2) is 10.3. The van der Waals surface area contributed by atoms with E-state index in [0.29, 0.717) is 61.1 Å². The first-order chi connectivity index (χ1) is 17.9. The number of halogens is 2. The molecule has 1 aromatic heterocycles. The van der Waals surface area contributed by atoms with Crippen molar-refractivity contribution in [3.8, 4) is 5.69 Å². The molecule has 11 heteroatoms. The number of carbonyl (C=O) groups excluding carboxylic acids is 2. The highest BCUT2D eigenvalue weighted by Gasteiger charge is 2.37. The van der Waals surface area contributed by atoms with Gasteiger partial charge in [-0.25, -0.2) is 18.3 Å². The predicted molar refractivity (Wildman–Crippen MR) is 133 cm³/mol. The molecular weight excluding hydrogens is 482 g/mol. The van der Waals surface area contributed by atoms with Gasteiger partial charge in [0.05, 0.1) is 24.9 Å². The summed E-state index contributed by atoms with van der Waals surface area (Å²) in [7, 11) is 3.29. The van der Waals surface area contributed by atoms with Crippen molar-refractivity contribution in [2.45, 2.75) is 18.5 Å². The Morgan fingerprint density at radius 1 is 1.14 bits per heavy atom. The minimum atomic E-state index is -0.924. The van der Waals surface area contributed by atoms with Gasteiger partial charge in [-0.1, -0.05) is 24.3 Å². The first kappa shape index (κ1) is 24.8. The van der Waals surface area contributed by atoms with Crippen LogP contribution in [0.2, 0.25) is 0 Å². The topological polar surface area (TPSA) is 91.7 Å². The van der Waals surface area contributed by atoms with Crippen LogP contribution >= 0.6 is 0 Å². The maximum atomic E-state index is 14.0. The number of hydrogen-bond acceptors (Lipinski definition) is 5. The summed E-state index contributed by atoms with van der Waals surface area (Å²) in [6.07, 6.45) is 0. The van der Waals surface area contributed by atoms with Crippen molar-refractivity contribution in [1.29, 1.82) is 0 Å². The van der Waals surface area contributed by atoms with Crippen molar-refractivity contribution in [1.82, 2.24) is 24.9 Å². The smallest absolute Gasteiger partial charge is 0.320 e. The molecule has 2 aliphatic rings. The Balaban J connectivity index is 1.40. The third-order valence-electron chi connectivity index (χ3n) is 6.86. The van der Waals surface area contributed by atoms with Gasteiger partial charge in [-0.15, -0.1) is 0 Å². The molecule has 3 aromatic rings. The van der Waals surface area contributed by atoms with Gasteiger partial charge in [-0.2, -0.15) is 5.10 Å². The molecule has 0 spiro atoms. The Labute approximate surface area is 213 Å². The lowest BCUT2D eigenvalue weighted by Gasteiger charge is -2.21. The summed E-state index contributed by atoms with van der Waals surface area (Å²) < 4.78 is 34.3. The number of methoxy groups -OCH3 is 1. The number of nitrogens with one attached hydrogen (secondary N) is 2. The summed E-state index contributed by atoms with van der Waals surface area (Å²) in [5.74, 6) is -1.89. The maximum Gasteiger partial charge on any atom is 0.320 e. The van der Waals surface area contributed by atoms with Gasteiger partial charge in [0.15, 0.2) is 17.3 Å². The van der Waals surface area contributed by atoms with E-state index in [1.807, 2.05) is 30.3 Å². The van der Waals surface area contributed by atoms with Gasteiger partial charge in [0.2, 0.25) is 0 Å². The van der Waals surface area contributed by atoms with Gasteiger partial charge < -0.3 is 15.0 Å². The number of rotatable bonds is 7. The molecule has 1 fully saturated rings. The van der Waals surface area contributed by atoms with Crippen LogP contribution in [0.5, 0.6) is 0 Å². The van der Waals surface area contributed by atoms with Crippen LogP contribution in [0.25, 0.3) is 5.69 Å². The average Bonchev–Trinajstić information content (AvgIpc) is 3.53. The van der Waals surface area contributed by atoms with E-state index in [1.54, 1.807) is 29.8 Å². The number of para-hydroxylation sites is 1. The molecule has 0 aliphatic carbocycles. The Hall–Kier alpha value is -3.83. The van der Waals surface area contributed by atoms with E-state index in [-0.39, 0.29) is 17.9 Å². The lowest BCUT2D eigenvalue weighted by Crippen LogP contribution is -2.42. The number of anilines is 1. The molecule has 2 N–H and O–H groups in total. The van der Waals surface area contributed by atoms with Gasteiger partial charge in [0.25, 0.3) is 5.91 Å². The zero-order valence-electron chi connectivity index (χ0n) is 20.6. The van der Waals surface area contributed by atoms with Gasteiger partial charge in [-0.3, -0.25) is 15.0 Å². The largest absolute Gasteiger partial charge is 0.383 e. The first-order valence-electron chi connectivity index (χ1n) is 12.0. The average molecular weight is 511 g/mol. The zero-order valence-corrected chi connectivity index (χ0v) is 20.6. The molecule has 1 saturated heterocycles. The molecule has 0 bridgehead atoms. The van der Waals surface area contributed by atoms with E-state index in [9.17, 15) is 18.4 Å². The van der Waals surface area contributed by atoms with Crippen molar-refractivity contribution in [3.05, 3.63) is 77.0 Å². The summed E-state index contributed by atoms with van der Waals surface area (Å²) in [6, 6.07) is 12.2. The number of ether oxygens (including phenoxy) is 1. The molecule has 3 amide bonds. The van der Waals surface area contributed by atoms with Gasteiger partial charge in [0.1, 0.15) is 5.82 Å². The number of likely N-dealkylation sites (tertiary alicyclic amines) is 1. The number of aromatic nitrogens is 2. The van der Waals surface area contributed by atoms with Crippen LogP contribution in [0.4, 0.5) is 19.4 Å². The number of amides is 3. The van der Waals surface area contributed by atoms with E-state index in [1.165, 1.54) is 6.07 Å². The SMILES string of the molecule is COCCN1C[C@@H](NC(=O)Nc2c3c(nn2-c2ccccc2)C(=O)N(C)C3)[C@H](c2ccc(F)c(F)c2)C1. The standard InChI is InChI=1S/C26H28F2N6O3/c1-32-13-19-23(25(32)35)31-34(17-6-4-3-5-7-17)24(19)30-26(36)29-22-15-33(10-11-37-2)14-18(22)16-8-9-20(27)21(28)12-16/h3-9,12,18,22H,10-11,13-15H2,1-2H3,(H2,29,30,36)/t18-,22+/m0/s1. The van der Waals surface area contributed by atoms with Crippen LogP contribution in [0, 0.1) is 11.6 Å². The number of fused-ring (bicyclic) bond motifs is 1. The molecule has 3 heterocycles. The first-order valence-corrected chi connectivity index (χ1v) is 12.0. The van der Waals surface area contributed by atoms with Gasteiger partial charge in [0, 0.05) is 45.3 Å². The Kier molecular flexibility index (Phi) is 6.90. The highest BCUT2D eigenvalue weighted by atomic mass is 19.2. The van der Waals surface area contributed by atoms with Crippen molar-refractivity contribution >= 4 is 17.8 Å². The third-order valence-corrected chi connectivity index (χ3v) is 6.86. The Morgan fingerprint density at radius 2 is 1.92 bits per heavy atom. The molecular formula is C26H28F2N6O3. The molecule has 9 nitrogen and oxygen atoms in total. The van der Waals surface area contributed by atoms with E-state index < -0.39 is 17.7 Å². The molecule has 37 heavy (non-hydrogen) atoms. The number of carbonyl (C=O) groups is 2. The number of urea groups is 1. The van der Waals surface area contributed by atoms with Crippen molar-refractivity contribution in [3.63, 3.8) is 0 Å². The van der Waals surface area contributed by atoms with Crippen LogP contribution < -0.4 is 10.6 Å². The fourth-order valence-electron chi connectivity index (χ4n) is 4.97. The predicted octanol–water partition coefficient (Wildman–Crippen LogP) is 2.97. The molecule has 5 rings (SSSR count). The van der Waals surface area contributed by atoms with Crippen molar-refractivity contribution in [2.75, 3.05) is 45.7 Å². The second-order valence-electron chi connectivity index (χ2n) is 9.32. The minimum absolute atomic E-state index is 0.212. The van der Waals surface area contributed by atoms with Crippen LogP contribution in [0.15, 0.2) is 48.5 Å². The fraction of sp³-hybridized carbons (Fsp3) is 0.346. The Morgan fingerprint density at radius 3 is 2.65 bits per heavy atom. The van der Waals surface area contributed by atoms with Crippen LogP contribution in [0.1, 0.15) is 27.5 Å². The van der Waals surface area contributed by atoms with E-state index in [2.05, 4.69) is 20.6 Å². The summed E-state index contributed by atoms with van der Waals surface area (Å²) in [4.78, 5) is 29.5. The summed E-state index contributed by atoms with van der Waals surface area (Å²) in [6.45, 7) is 2.53. The quantitative estimate of drug-likeness (QED) is 0.510. The monoisotopic (exact) mass is 510 g/mol. The van der Waals surface area contributed by atoms with Gasteiger partial charge >= 0.3 is 6.03 Å². The Bertz CT molecular complexity index is 1320. The van der Waals surface area contributed by atoms with Crippen LogP contribution in [-0.2, 0) is 11.3 Å². The normalized spacial score (nSPS) is 19.4. The lowest BCUT2D eigenvalue weighted by atomic mass is 9.94. The molecule has 2 aliphatic heterocycles. The number of benzene rings is 2. The number of nitrogens with zero attached hydrogens (tertiary/aromatic N) is 4. The highest BCUT2D eigenvalue weighted by Crippen LogP contribution is 2.32. The number of hydrogen-bond donors (Lipinski definition) is 2. The molecule has 2 atom stereocenters. The summed E-state index contributed by atoms with van der Waals surface area (Å²) >= 11 is 0. The molecule has 0 unspecified atom stereocenters. The lowest BCUT2D eigenvalue weighted by molar-refractivity contribution is 0.0810.